The zero-order valence-electron chi connectivity index (χ0n) is 18.3. The molecular formula is C25H28BNO3. The molecule has 3 aromatic carbocycles. The number of methoxy groups -OCH3 is 1. The Bertz CT molecular complexity index is 950. The van der Waals surface area contributed by atoms with E-state index in [-0.39, 0.29) is 0 Å². The van der Waals surface area contributed by atoms with Crippen LogP contribution in [0.15, 0.2) is 78.9 Å². The fourth-order valence-corrected chi connectivity index (χ4v) is 3.61. The van der Waals surface area contributed by atoms with E-state index in [1.807, 2.05) is 48.5 Å². The summed E-state index contributed by atoms with van der Waals surface area (Å²) >= 11 is 0. The summed E-state index contributed by atoms with van der Waals surface area (Å²) in [5.41, 5.74) is 3.25. The predicted molar refractivity (Wildman–Crippen MR) is 123 cm³/mol. The van der Waals surface area contributed by atoms with Gasteiger partial charge in [-0.25, -0.2) is 0 Å². The number of hydrogen-bond donors (Lipinski definition) is 0. The molecule has 1 aliphatic heterocycles. The van der Waals surface area contributed by atoms with Crippen molar-refractivity contribution in [3.63, 3.8) is 0 Å². The minimum Gasteiger partial charge on any atom is -0.497 e. The highest BCUT2D eigenvalue weighted by Crippen LogP contribution is 2.39. The number of ether oxygens (including phenoxy) is 1. The molecule has 0 saturated carbocycles. The van der Waals surface area contributed by atoms with Crippen molar-refractivity contribution >= 4 is 29.6 Å². The van der Waals surface area contributed by atoms with Gasteiger partial charge in [0, 0.05) is 28.6 Å². The number of benzene rings is 3. The Kier molecular flexibility index (Phi) is 5.35. The fraction of sp³-hybridized carbons (Fsp3) is 0.280. The maximum absolute atomic E-state index is 6.25. The Morgan fingerprint density at radius 2 is 1.20 bits per heavy atom. The zero-order valence-corrected chi connectivity index (χ0v) is 18.3. The topological polar surface area (TPSA) is 30.9 Å². The molecule has 0 spiro atoms. The van der Waals surface area contributed by atoms with Gasteiger partial charge in [-0.2, -0.15) is 0 Å². The summed E-state index contributed by atoms with van der Waals surface area (Å²) in [5.74, 6) is 0.739. The van der Waals surface area contributed by atoms with Crippen molar-refractivity contribution in [1.29, 1.82) is 0 Å². The lowest BCUT2D eigenvalue weighted by Gasteiger charge is -2.32. The molecule has 1 fully saturated rings. The van der Waals surface area contributed by atoms with Crippen molar-refractivity contribution in [2.24, 2.45) is 0 Å². The molecule has 154 valence electrons. The molecule has 0 atom stereocenters. The van der Waals surface area contributed by atoms with Gasteiger partial charge >= 0.3 is 7.12 Å². The first-order valence-corrected chi connectivity index (χ1v) is 10.3. The molecule has 0 radical (unpaired) electrons. The van der Waals surface area contributed by atoms with E-state index in [0.29, 0.717) is 0 Å². The van der Waals surface area contributed by atoms with Crippen LogP contribution in [0, 0.1) is 0 Å². The Hall–Kier alpha value is -2.76. The zero-order chi connectivity index (χ0) is 21.4. The molecule has 0 bridgehead atoms. The Balaban J connectivity index is 1.76. The maximum Gasteiger partial charge on any atom is 0.498 e. The van der Waals surface area contributed by atoms with Gasteiger partial charge in [-0.15, -0.1) is 0 Å². The van der Waals surface area contributed by atoms with Crippen LogP contribution in [0.3, 0.4) is 0 Å². The van der Waals surface area contributed by atoms with Gasteiger partial charge in [0.15, 0.2) is 0 Å². The summed E-state index contributed by atoms with van der Waals surface area (Å²) in [7, 11) is 1.21. The summed E-state index contributed by atoms with van der Waals surface area (Å²) in [5, 5.41) is 0. The van der Waals surface area contributed by atoms with Crippen molar-refractivity contribution in [3.05, 3.63) is 78.9 Å². The first kappa shape index (κ1) is 20.5. The van der Waals surface area contributed by atoms with E-state index >= 15 is 0 Å². The lowest BCUT2D eigenvalue weighted by molar-refractivity contribution is 0.00578. The monoisotopic (exact) mass is 401 g/mol. The van der Waals surface area contributed by atoms with Crippen molar-refractivity contribution in [1.82, 2.24) is 0 Å². The van der Waals surface area contributed by atoms with Crippen LogP contribution >= 0.6 is 0 Å². The molecule has 0 amide bonds. The first-order chi connectivity index (χ1) is 14.3. The van der Waals surface area contributed by atoms with Crippen molar-refractivity contribution in [2.75, 3.05) is 12.0 Å². The lowest BCUT2D eigenvalue weighted by Crippen LogP contribution is -2.41. The molecule has 0 aromatic heterocycles. The number of nitrogens with zero attached hydrogens (tertiary/aromatic N) is 1. The van der Waals surface area contributed by atoms with E-state index in [9.17, 15) is 0 Å². The molecule has 0 unspecified atom stereocenters. The third-order valence-electron chi connectivity index (χ3n) is 6.01. The standard InChI is InChI=1S/C25H28BNO3/c1-24(2)25(3,4)30-26(29-24)22-17-16-21(18-23(22)28-5)27(19-12-8-6-9-13-19)20-14-10-7-11-15-20/h6-18H,1-5H3. The van der Waals surface area contributed by atoms with Crippen LogP contribution in [0.2, 0.25) is 0 Å². The number of rotatable bonds is 5. The second-order valence-electron chi connectivity index (χ2n) is 8.52. The predicted octanol–water partition coefficient (Wildman–Crippen LogP) is 5.46. The summed E-state index contributed by atoms with van der Waals surface area (Å²) in [4.78, 5) is 2.20. The van der Waals surface area contributed by atoms with E-state index in [4.69, 9.17) is 14.0 Å². The van der Waals surface area contributed by atoms with Crippen LogP contribution < -0.4 is 15.1 Å². The highest BCUT2D eigenvalue weighted by Gasteiger charge is 2.52. The van der Waals surface area contributed by atoms with Crippen molar-refractivity contribution in [3.8, 4) is 5.75 Å². The van der Waals surface area contributed by atoms with Gasteiger partial charge in [0.1, 0.15) is 5.75 Å². The second-order valence-corrected chi connectivity index (χ2v) is 8.52. The van der Waals surface area contributed by atoms with Crippen LogP contribution in [0.5, 0.6) is 5.75 Å². The largest absolute Gasteiger partial charge is 0.498 e. The van der Waals surface area contributed by atoms with E-state index in [2.05, 4.69) is 62.9 Å². The Morgan fingerprint density at radius 1 is 0.700 bits per heavy atom. The van der Waals surface area contributed by atoms with Gasteiger partial charge < -0.3 is 18.9 Å². The average molecular weight is 401 g/mol. The van der Waals surface area contributed by atoms with Crippen LogP contribution in [0.4, 0.5) is 17.1 Å². The smallest absolute Gasteiger partial charge is 0.497 e. The van der Waals surface area contributed by atoms with Gasteiger partial charge in [-0.1, -0.05) is 42.5 Å². The highest BCUT2D eigenvalue weighted by atomic mass is 16.7. The van der Waals surface area contributed by atoms with Gasteiger partial charge in [0.25, 0.3) is 0 Å². The summed E-state index contributed by atoms with van der Waals surface area (Å²) in [6.45, 7) is 8.22. The third kappa shape index (κ3) is 3.71. The van der Waals surface area contributed by atoms with E-state index in [0.717, 1.165) is 28.3 Å². The molecule has 4 nitrogen and oxygen atoms in total. The molecule has 1 aliphatic rings. The lowest BCUT2D eigenvalue weighted by atomic mass is 9.78. The normalized spacial score (nSPS) is 17.0. The molecule has 1 saturated heterocycles. The minimum absolute atomic E-state index is 0.401. The van der Waals surface area contributed by atoms with E-state index < -0.39 is 18.3 Å². The second kappa shape index (κ2) is 7.82. The third-order valence-corrected chi connectivity index (χ3v) is 6.01. The first-order valence-electron chi connectivity index (χ1n) is 10.3. The van der Waals surface area contributed by atoms with E-state index in [1.165, 1.54) is 0 Å². The highest BCUT2D eigenvalue weighted by molar-refractivity contribution is 6.63. The molecule has 1 heterocycles. The SMILES string of the molecule is COc1cc(N(c2ccccc2)c2ccccc2)ccc1B1OC(C)(C)C(C)(C)O1. The number of para-hydroxylation sites is 2. The molecule has 4 rings (SSSR count). The number of anilines is 3. The van der Waals surface area contributed by atoms with Gasteiger partial charge in [0.05, 0.1) is 18.3 Å². The Labute approximate surface area is 179 Å². The molecule has 0 N–H and O–H groups in total. The Morgan fingerprint density at radius 3 is 1.67 bits per heavy atom. The molecule has 30 heavy (non-hydrogen) atoms. The van der Waals surface area contributed by atoms with Crippen LogP contribution in [0.25, 0.3) is 0 Å². The van der Waals surface area contributed by atoms with E-state index in [1.54, 1.807) is 7.11 Å². The summed E-state index contributed by atoms with van der Waals surface area (Å²) in [6, 6.07) is 26.8. The average Bonchev–Trinajstić information content (AvgIpc) is 2.96. The molecule has 5 heteroatoms. The van der Waals surface area contributed by atoms with Crippen molar-refractivity contribution in [2.45, 2.75) is 38.9 Å². The minimum atomic E-state index is -0.471. The van der Waals surface area contributed by atoms with Gasteiger partial charge in [-0.05, 0) is 58.0 Å². The van der Waals surface area contributed by atoms with Crippen molar-refractivity contribution < 1.29 is 14.0 Å². The maximum atomic E-state index is 6.25. The summed E-state index contributed by atoms with van der Waals surface area (Å²) in [6.07, 6.45) is 0. The van der Waals surface area contributed by atoms with Crippen LogP contribution in [-0.2, 0) is 9.31 Å². The summed E-state index contributed by atoms with van der Waals surface area (Å²) < 4.78 is 18.3. The van der Waals surface area contributed by atoms with Gasteiger partial charge in [0.2, 0.25) is 0 Å². The molecule has 3 aromatic rings. The quantitative estimate of drug-likeness (QED) is 0.531. The van der Waals surface area contributed by atoms with Gasteiger partial charge in [-0.3, -0.25) is 0 Å². The molecular weight excluding hydrogens is 373 g/mol. The molecule has 0 aliphatic carbocycles. The fourth-order valence-electron chi connectivity index (χ4n) is 3.61. The van der Waals surface area contributed by atoms with Crippen LogP contribution in [-0.4, -0.2) is 25.4 Å². The van der Waals surface area contributed by atoms with Crippen LogP contribution in [0.1, 0.15) is 27.7 Å². The number of hydrogen-bond acceptors (Lipinski definition) is 4.